The summed E-state index contributed by atoms with van der Waals surface area (Å²) >= 11 is 0. The number of carbonyl (C=O) groups is 2. The molecular weight excluding hydrogens is 414 g/mol. The van der Waals surface area contributed by atoms with Crippen molar-refractivity contribution in [2.75, 3.05) is 18.5 Å². The Labute approximate surface area is 186 Å². The van der Waals surface area contributed by atoms with Crippen LogP contribution >= 0.6 is 0 Å². The topological polar surface area (TPSA) is 96.2 Å². The normalized spacial score (nSPS) is 11.3. The molecule has 3 aromatic rings. The molecule has 0 radical (unpaired) electrons. The molecule has 1 atom stereocenters. The van der Waals surface area contributed by atoms with Crippen LogP contribution in [0.5, 0.6) is 17.2 Å². The van der Waals surface area contributed by atoms with Crippen LogP contribution in [-0.4, -0.2) is 25.3 Å². The van der Waals surface area contributed by atoms with Gasteiger partial charge in [0.1, 0.15) is 23.0 Å². The molecular formula is C24H25NO7. The minimum atomic E-state index is -0.950. The van der Waals surface area contributed by atoms with Crippen LogP contribution in [0.25, 0.3) is 0 Å². The summed E-state index contributed by atoms with van der Waals surface area (Å²) in [6.07, 6.45) is -0.849. The lowest BCUT2D eigenvalue weighted by Crippen LogP contribution is -2.23. The molecule has 0 bridgehead atoms. The van der Waals surface area contributed by atoms with E-state index in [9.17, 15) is 9.59 Å². The highest BCUT2D eigenvalue weighted by molar-refractivity contribution is 5.80. The highest BCUT2D eigenvalue weighted by Gasteiger charge is 2.28. The van der Waals surface area contributed by atoms with Crippen molar-refractivity contribution in [3.8, 4) is 17.2 Å². The summed E-state index contributed by atoms with van der Waals surface area (Å²) in [6, 6.07) is 17.0. The second-order valence-electron chi connectivity index (χ2n) is 6.62. The van der Waals surface area contributed by atoms with Crippen LogP contribution in [0.2, 0.25) is 0 Å². The first kappa shape index (κ1) is 22.7. The Morgan fingerprint density at radius 2 is 1.59 bits per heavy atom. The molecule has 0 aliphatic carbocycles. The Balaban J connectivity index is 1.76. The number of aryl methyl sites for hydroxylation is 1. The lowest BCUT2D eigenvalue weighted by molar-refractivity contribution is -0.144. The van der Waals surface area contributed by atoms with Crippen LogP contribution in [0.4, 0.5) is 10.5 Å². The molecule has 32 heavy (non-hydrogen) atoms. The fourth-order valence-electron chi connectivity index (χ4n) is 2.85. The van der Waals surface area contributed by atoms with Gasteiger partial charge in [-0.15, -0.1) is 0 Å². The Hall–Kier alpha value is -3.94. The lowest BCUT2D eigenvalue weighted by atomic mass is 10.2. The molecule has 0 fully saturated rings. The number of carbonyl (C=O) groups excluding carboxylic acids is 2. The zero-order chi connectivity index (χ0) is 22.9. The van der Waals surface area contributed by atoms with Gasteiger partial charge in [0.2, 0.25) is 0 Å². The number of hydrogen-bond acceptors (Lipinski definition) is 8. The number of esters is 1. The Bertz CT molecular complexity index is 1030. The highest BCUT2D eigenvalue weighted by Crippen LogP contribution is 2.31. The third-order valence-electron chi connectivity index (χ3n) is 4.30. The van der Waals surface area contributed by atoms with Gasteiger partial charge in [0, 0.05) is 11.8 Å². The van der Waals surface area contributed by atoms with Gasteiger partial charge in [-0.25, -0.2) is 9.59 Å². The van der Waals surface area contributed by atoms with Gasteiger partial charge < -0.3 is 28.7 Å². The van der Waals surface area contributed by atoms with E-state index < -0.39 is 18.2 Å². The molecule has 0 saturated heterocycles. The minimum absolute atomic E-state index is 0.168. The van der Waals surface area contributed by atoms with Gasteiger partial charge in [-0.1, -0.05) is 18.2 Å². The largest absolute Gasteiger partial charge is 0.513 e. The third-order valence-corrected chi connectivity index (χ3v) is 4.30. The molecule has 8 heteroatoms. The molecule has 0 aliphatic heterocycles. The van der Waals surface area contributed by atoms with E-state index in [0.29, 0.717) is 17.2 Å². The average molecular weight is 439 g/mol. The number of hydrogen-bond donors (Lipinski definition) is 1. The lowest BCUT2D eigenvalue weighted by Gasteiger charge is -2.16. The van der Waals surface area contributed by atoms with E-state index in [1.54, 1.807) is 45.0 Å². The van der Waals surface area contributed by atoms with Crippen molar-refractivity contribution in [2.24, 2.45) is 0 Å². The van der Waals surface area contributed by atoms with Crippen LogP contribution in [0.3, 0.4) is 0 Å². The van der Waals surface area contributed by atoms with Gasteiger partial charge in [0.05, 0.1) is 13.2 Å². The standard InChI is InChI=1S/C24H25NO7/c1-4-28-23(26)22(21-15-20(16(3)30-21)32-24(27)29-5-2)25-17-11-13-19(14-12-17)31-18-9-7-6-8-10-18/h6-15,22,25H,4-5H2,1-3H3. The van der Waals surface area contributed by atoms with E-state index in [4.69, 9.17) is 23.4 Å². The van der Waals surface area contributed by atoms with Gasteiger partial charge in [0.25, 0.3) is 0 Å². The number of rotatable bonds is 9. The van der Waals surface area contributed by atoms with Crippen LogP contribution in [0.1, 0.15) is 31.4 Å². The van der Waals surface area contributed by atoms with Gasteiger partial charge in [0.15, 0.2) is 11.8 Å². The zero-order valence-corrected chi connectivity index (χ0v) is 18.1. The van der Waals surface area contributed by atoms with Crippen molar-refractivity contribution >= 4 is 17.8 Å². The van der Waals surface area contributed by atoms with Crippen LogP contribution in [0, 0.1) is 6.92 Å². The number of furan rings is 1. The maximum atomic E-state index is 12.6. The zero-order valence-electron chi connectivity index (χ0n) is 18.1. The predicted octanol–water partition coefficient (Wildman–Crippen LogP) is 5.63. The Morgan fingerprint density at radius 3 is 2.25 bits per heavy atom. The van der Waals surface area contributed by atoms with Crippen molar-refractivity contribution in [3.63, 3.8) is 0 Å². The first-order valence-electron chi connectivity index (χ1n) is 10.2. The first-order chi connectivity index (χ1) is 15.5. The van der Waals surface area contributed by atoms with Crippen molar-refractivity contribution < 1.29 is 33.0 Å². The van der Waals surface area contributed by atoms with Gasteiger partial charge in [-0.2, -0.15) is 0 Å². The van der Waals surface area contributed by atoms with Crippen molar-refractivity contribution in [1.29, 1.82) is 0 Å². The van der Waals surface area contributed by atoms with E-state index in [1.165, 1.54) is 6.07 Å². The highest BCUT2D eigenvalue weighted by atomic mass is 16.7. The summed E-state index contributed by atoms with van der Waals surface area (Å²) in [5, 5.41) is 3.09. The average Bonchev–Trinajstić information content (AvgIpc) is 3.14. The predicted molar refractivity (Wildman–Crippen MR) is 117 cm³/mol. The first-order valence-corrected chi connectivity index (χ1v) is 10.2. The van der Waals surface area contributed by atoms with Crippen molar-refractivity contribution in [1.82, 2.24) is 0 Å². The molecule has 0 spiro atoms. The molecule has 3 rings (SSSR count). The number of benzene rings is 2. The van der Waals surface area contributed by atoms with E-state index in [0.717, 1.165) is 5.75 Å². The fourth-order valence-corrected chi connectivity index (χ4v) is 2.85. The Kier molecular flexibility index (Phi) is 7.75. The summed E-state index contributed by atoms with van der Waals surface area (Å²) in [5.41, 5.74) is 0.644. The third kappa shape index (κ3) is 6.04. The summed E-state index contributed by atoms with van der Waals surface area (Å²) in [6.45, 7) is 5.39. The van der Waals surface area contributed by atoms with Crippen LogP contribution < -0.4 is 14.8 Å². The molecule has 168 valence electrons. The molecule has 0 amide bonds. The SMILES string of the molecule is CCOC(=O)Oc1cc(C(Nc2ccc(Oc3ccccc3)cc2)C(=O)OCC)oc1C. The van der Waals surface area contributed by atoms with Crippen LogP contribution in [-0.2, 0) is 14.3 Å². The van der Waals surface area contributed by atoms with E-state index >= 15 is 0 Å². The maximum absolute atomic E-state index is 12.6. The van der Waals surface area contributed by atoms with Crippen molar-refractivity contribution in [2.45, 2.75) is 26.8 Å². The summed E-state index contributed by atoms with van der Waals surface area (Å²) in [4.78, 5) is 24.2. The number of nitrogens with one attached hydrogen (secondary N) is 1. The van der Waals surface area contributed by atoms with E-state index in [1.807, 2.05) is 30.3 Å². The fraction of sp³-hybridized carbons (Fsp3) is 0.250. The smallest absolute Gasteiger partial charge is 0.464 e. The molecule has 0 aliphatic rings. The minimum Gasteiger partial charge on any atom is -0.464 e. The maximum Gasteiger partial charge on any atom is 0.513 e. The molecule has 1 N–H and O–H groups in total. The number of anilines is 1. The second-order valence-corrected chi connectivity index (χ2v) is 6.62. The molecule has 1 aromatic heterocycles. The van der Waals surface area contributed by atoms with Crippen molar-refractivity contribution in [3.05, 3.63) is 72.2 Å². The quantitative estimate of drug-likeness (QED) is 0.429. The molecule has 2 aromatic carbocycles. The van der Waals surface area contributed by atoms with Gasteiger partial charge >= 0.3 is 12.1 Å². The van der Waals surface area contributed by atoms with E-state index in [2.05, 4.69) is 5.32 Å². The number of para-hydroxylation sites is 1. The molecule has 1 unspecified atom stereocenters. The Morgan fingerprint density at radius 1 is 0.938 bits per heavy atom. The number of ether oxygens (including phenoxy) is 4. The van der Waals surface area contributed by atoms with E-state index in [-0.39, 0.29) is 24.7 Å². The molecule has 0 saturated carbocycles. The molecule has 8 nitrogen and oxygen atoms in total. The van der Waals surface area contributed by atoms with Gasteiger partial charge in [-0.05, 0) is 57.2 Å². The summed E-state index contributed by atoms with van der Waals surface area (Å²) < 4.78 is 26.6. The second kappa shape index (κ2) is 10.9. The van der Waals surface area contributed by atoms with Crippen LogP contribution in [0.15, 0.2) is 65.1 Å². The summed E-state index contributed by atoms with van der Waals surface area (Å²) in [5.74, 6) is 1.57. The van der Waals surface area contributed by atoms with Gasteiger partial charge in [-0.3, -0.25) is 0 Å². The summed E-state index contributed by atoms with van der Waals surface area (Å²) in [7, 11) is 0. The monoisotopic (exact) mass is 439 g/mol. The molecule has 1 heterocycles.